The van der Waals surface area contributed by atoms with Gasteiger partial charge in [-0.15, -0.1) is 0 Å². The first-order valence-corrected chi connectivity index (χ1v) is 8.56. The van der Waals surface area contributed by atoms with E-state index in [1.54, 1.807) is 0 Å². The Balaban J connectivity index is 0.000000677. The van der Waals surface area contributed by atoms with Crippen LogP contribution in [0.2, 0.25) is 0 Å². The molecule has 2 aliphatic rings. The molecule has 0 aromatic carbocycles. The summed E-state index contributed by atoms with van der Waals surface area (Å²) in [4.78, 5) is 22.3. The van der Waals surface area contributed by atoms with Crippen LogP contribution >= 0.6 is 0 Å². The summed E-state index contributed by atoms with van der Waals surface area (Å²) < 4.78 is 28.1. The van der Waals surface area contributed by atoms with Crippen molar-refractivity contribution in [2.75, 3.05) is 38.2 Å². The van der Waals surface area contributed by atoms with Crippen LogP contribution in [0.15, 0.2) is 0 Å². The SMILES string of the molecule is CO[C@@H]1CS(=O)(=O)C[C@H]1NC(=O)CN1CCCC1.O=CO. The second-order valence-corrected chi connectivity index (χ2v) is 7.27. The quantitative estimate of drug-likeness (QED) is 0.619. The van der Waals surface area contributed by atoms with Crippen LogP contribution in [-0.4, -0.2) is 81.2 Å². The van der Waals surface area contributed by atoms with Gasteiger partial charge in [0.25, 0.3) is 6.47 Å². The van der Waals surface area contributed by atoms with Gasteiger partial charge in [0.2, 0.25) is 5.91 Å². The zero-order valence-electron chi connectivity index (χ0n) is 12.0. The molecule has 1 amide bonds. The van der Waals surface area contributed by atoms with Crippen molar-refractivity contribution < 1.29 is 27.9 Å². The molecule has 122 valence electrons. The summed E-state index contributed by atoms with van der Waals surface area (Å²) in [5.41, 5.74) is 0. The summed E-state index contributed by atoms with van der Waals surface area (Å²) in [6.07, 6.45) is 1.84. The summed E-state index contributed by atoms with van der Waals surface area (Å²) in [5.74, 6) is -0.129. The van der Waals surface area contributed by atoms with Crippen molar-refractivity contribution in [3.05, 3.63) is 0 Å². The van der Waals surface area contributed by atoms with Gasteiger partial charge in [-0.3, -0.25) is 14.5 Å². The zero-order chi connectivity index (χ0) is 15.9. The highest BCUT2D eigenvalue weighted by atomic mass is 32.2. The van der Waals surface area contributed by atoms with E-state index in [1.807, 2.05) is 0 Å². The van der Waals surface area contributed by atoms with Gasteiger partial charge < -0.3 is 15.2 Å². The van der Waals surface area contributed by atoms with Crippen LogP contribution in [-0.2, 0) is 24.2 Å². The first kappa shape index (κ1) is 17.9. The van der Waals surface area contributed by atoms with E-state index < -0.39 is 22.0 Å². The number of nitrogens with zero attached hydrogens (tertiary/aromatic N) is 1. The van der Waals surface area contributed by atoms with Crippen LogP contribution in [0.4, 0.5) is 0 Å². The first-order chi connectivity index (χ1) is 9.91. The molecule has 0 aliphatic carbocycles. The lowest BCUT2D eigenvalue weighted by atomic mass is 10.2. The molecule has 2 atom stereocenters. The Morgan fingerprint density at radius 2 is 1.95 bits per heavy atom. The topological polar surface area (TPSA) is 113 Å². The Labute approximate surface area is 124 Å². The minimum Gasteiger partial charge on any atom is -0.483 e. The Morgan fingerprint density at radius 1 is 1.38 bits per heavy atom. The maximum atomic E-state index is 11.8. The molecule has 0 bridgehead atoms. The number of nitrogens with one attached hydrogen (secondary N) is 1. The summed E-state index contributed by atoms with van der Waals surface area (Å²) in [7, 11) is -1.61. The van der Waals surface area contributed by atoms with Crippen molar-refractivity contribution in [1.29, 1.82) is 0 Å². The maximum Gasteiger partial charge on any atom is 0.290 e. The molecule has 2 heterocycles. The predicted octanol–water partition coefficient (Wildman–Crippen LogP) is -1.29. The lowest BCUT2D eigenvalue weighted by molar-refractivity contribution is -0.124. The van der Waals surface area contributed by atoms with E-state index >= 15 is 0 Å². The number of carbonyl (C=O) groups is 2. The largest absolute Gasteiger partial charge is 0.483 e. The minimum atomic E-state index is -3.08. The number of carbonyl (C=O) groups excluding carboxylic acids is 1. The van der Waals surface area contributed by atoms with Crippen LogP contribution in [0.5, 0.6) is 0 Å². The average molecular weight is 322 g/mol. The van der Waals surface area contributed by atoms with Crippen LogP contribution < -0.4 is 5.32 Å². The molecule has 2 saturated heterocycles. The van der Waals surface area contributed by atoms with Crippen LogP contribution in [0, 0.1) is 0 Å². The van der Waals surface area contributed by atoms with Crippen LogP contribution in [0.1, 0.15) is 12.8 Å². The second kappa shape index (κ2) is 8.30. The van der Waals surface area contributed by atoms with E-state index in [4.69, 9.17) is 14.6 Å². The lowest BCUT2D eigenvalue weighted by Gasteiger charge is -2.20. The van der Waals surface area contributed by atoms with Gasteiger partial charge in [-0.25, -0.2) is 8.42 Å². The fourth-order valence-electron chi connectivity index (χ4n) is 2.58. The Kier molecular flexibility index (Phi) is 7.06. The Bertz CT molecular complexity index is 447. The molecule has 0 spiro atoms. The molecule has 8 nitrogen and oxygen atoms in total. The number of hydrogen-bond donors (Lipinski definition) is 2. The average Bonchev–Trinajstić information content (AvgIpc) is 2.97. The normalized spacial score (nSPS) is 27.7. The Hall–Kier alpha value is -1.19. The number of rotatable bonds is 4. The number of likely N-dealkylation sites (tertiary alicyclic amines) is 1. The Morgan fingerprint density at radius 3 is 2.48 bits per heavy atom. The summed E-state index contributed by atoms with van der Waals surface area (Å²) >= 11 is 0. The van der Waals surface area contributed by atoms with Crippen molar-refractivity contribution in [1.82, 2.24) is 10.2 Å². The highest BCUT2D eigenvalue weighted by molar-refractivity contribution is 7.91. The van der Waals surface area contributed by atoms with Gasteiger partial charge in [-0.2, -0.15) is 0 Å². The molecule has 2 fully saturated rings. The molecular weight excluding hydrogens is 300 g/mol. The molecule has 2 N–H and O–H groups in total. The molecule has 0 aromatic heterocycles. The zero-order valence-corrected chi connectivity index (χ0v) is 12.8. The van der Waals surface area contributed by atoms with Gasteiger partial charge >= 0.3 is 0 Å². The second-order valence-electron chi connectivity index (χ2n) is 5.11. The molecule has 0 saturated carbocycles. The van der Waals surface area contributed by atoms with Crippen LogP contribution in [0.25, 0.3) is 0 Å². The standard InChI is InChI=1S/C11H20N2O4S.CH2O2/c1-17-10-8-18(15,16)7-9(10)12-11(14)6-13-4-2-3-5-13;2-1-3/h9-10H,2-8H2,1H3,(H,12,14);1H,(H,2,3)/t9-,10-;/m1./s1. The molecule has 2 rings (SSSR count). The van der Waals surface area contributed by atoms with Crippen molar-refractivity contribution in [3.8, 4) is 0 Å². The van der Waals surface area contributed by atoms with Crippen molar-refractivity contribution in [2.24, 2.45) is 0 Å². The molecular formula is C12H22N2O6S. The van der Waals surface area contributed by atoms with E-state index in [-0.39, 0.29) is 23.9 Å². The highest BCUT2D eigenvalue weighted by Crippen LogP contribution is 2.15. The lowest BCUT2D eigenvalue weighted by Crippen LogP contribution is -2.47. The number of sulfone groups is 1. The van der Waals surface area contributed by atoms with Gasteiger partial charge in [0, 0.05) is 7.11 Å². The highest BCUT2D eigenvalue weighted by Gasteiger charge is 2.38. The van der Waals surface area contributed by atoms with E-state index in [1.165, 1.54) is 7.11 Å². The van der Waals surface area contributed by atoms with Gasteiger partial charge in [-0.05, 0) is 25.9 Å². The minimum absolute atomic E-state index is 0.00182. The van der Waals surface area contributed by atoms with E-state index in [0.29, 0.717) is 6.54 Å². The third-order valence-corrected chi connectivity index (χ3v) is 5.22. The summed E-state index contributed by atoms with van der Waals surface area (Å²) in [5, 5.41) is 9.67. The number of ether oxygens (including phenoxy) is 1. The third kappa shape index (κ3) is 5.98. The van der Waals surface area contributed by atoms with Gasteiger partial charge in [-0.1, -0.05) is 0 Å². The van der Waals surface area contributed by atoms with E-state index in [9.17, 15) is 13.2 Å². The number of hydrogen-bond acceptors (Lipinski definition) is 6. The fraction of sp³-hybridized carbons (Fsp3) is 0.833. The number of methoxy groups -OCH3 is 1. The summed E-state index contributed by atoms with van der Waals surface area (Å²) in [6.45, 7) is 2.00. The molecule has 0 aromatic rings. The van der Waals surface area contributed by atoms with Gasteiger partial charge in [0.1, 0.15) is 0 Å². The smallest absolute Gasteiger partial charge is 0.290 e. The fourth-order valence-corrected chi connectivity index (χ4v) is 4.43. The molecule has 21 heavy (non-hydrogen) atoms. The van der Waals surface area contributed by atoms with Crippen LogP contribution in [0.3, 0.4) is 0 Å². The monoisotopic (exact) mass is 322 g/mol. The van der Waals surface area contributed by atoms with E-state index in [0.717, 1.165) is 25.9 Å². The number of amides is 1. The van der Waals surface area contributed by atoms with Crippen molar-refractivity contribution in [2.45, 2.75) is 25.0 Å². The molecule has 0 unspecified atom stereocenters. The van der Waals surface area contributed by atoms with E-state index in [2.05, 4.69) is 10.2 Å². The summed E-state index contributed by atoms with van der Waals surface area (Å²) in [6, 6.07) is -0.407. The van der Waals surface area contributed by atoms with Crippen molar-refractivity contribution >= 4 is 22.2 Å². The molecule has 0 radical (unpaired) electrons. The number of carboxylic acid groups (broad SMARTS) is 1. The van der Waals surface area contributed by atoms with Gasteiger partial charge in [0.15, 0.2) is 9.84 Å². The third-order valence-electron chi connectivity index (χ3n) is 3.52. The van der Waals surface area contributed by atoms with Crippen molar-refractivity contribution in [3.63, 3.8) is 0 Å². The first-order valence-electron chi connectivity index (χ1n) is 6.74. The van der Waals surface area contributed by atoms with Gasteiger partial charge in [0.05, 0.1) is 30.2 Å². The predicted molar refractivity (Wildman–Crippen MR) is 75.7 cm³/mol. The molecule has 9 heteroatoms. The molecule has 2 aliphatic heterocycles. The maximum absolute atomic E-state index is 11.8.